The number of hydrogen-bond acceptors (Lipinski definition) is 2. The molecular formula is C26H30N2. The van der Waals surface area contributed by atoms with Gasteiger partial charge in [-0.2, -0.15) is 0 Å². The SMILES string of the molecule is c1cc2c(c(NCc3ccc(N4CCCCC4)c4ccccc34)c1)CCCC2. The first-order valence-corrected chi connectivity index (χ1v) is 11.0. The van der Waals surface area contributed by atoms with Gasteiger partial charge >= 0.3 is 0 Å². The van der Waals surface area contributed by atoms with Gasteiger partial charge in [0.25, 0.3) is 0 Å². The molecule has 0 amide bonds. The Morgan fingerprint density at radius 3 is 2.43 bits per heavy atom. The molecule has 2 heteroatoms. The monoisotopic (exact) mass is 370 g/mol. The van der Waals surface area contributed by atoms with E-state index in [-0.39, 0.29) is 0 Å². The maximum absolute atomic E-state index is 3.77. The van der Waals surface area contributed by atoms with E-state index in [1.165, 1.54) is 85.7 Å². The fourth-order valence-corrected chi connectivity index (χ4v) is 5.05. The third-order valence-electron chi connectivity index (χ3n) is 6.55. The van der Waals surface area contributed by atoms with Crippen molar-refractivity contribution in [2.75, 3.05) is 23.3 Å². The van der Waals surface area contributed by atoms with Crippen molar-refractivity contribution < 1.29 is 0 Å². The summed E-state index contributed by atoms with van der Waals surface area (Å²) in [5.74, 6) is 0. The highest BCUT2D eigenvalue weighted by Crippen LogP contribution is 2.33. The second-order valence-corrected chi connectivity index (χ2v) is 8.34. The minimum Gasteiger partial charge on any atom is -0.381 e. The van der Waals surface area contributed by atoms with Gasteiger partial charge in [-0.1, -0.05) is 42.5 Å². The van der Waals surface area contributed by atoms with Gasteiger partial charge in [0.05, 0.1) is 0 Å². The van der Waals surface area contributed by atoms with Crippen LogP contribution in [0, 0.1) is 0 Å². The van der Waals surface area contributed by atoms with E-state index in [2.05, 4.69) is 64.8 Å². The molecule has 1 aliphatic heterocycles. The number of rotatable bonds is 4. The predicted octanol–water partition coefficient (Wildman–Crippen LogP) is 6.32. The molecule has 144 valence electrons. The van der Waals surface area contributed by atoms with E-state index in [0.717, 1.165) is 6.54 Å². The first kappa shape index (κ1) is 17.6. The van der Waals surface area contributed by atoms with Crippen molar-refractivity contribution in [3.63, 3.8) is 0 Å². The molecular weight excluding hydrogens is 340 g/mol. The first-order chi connectivity index (χ1) is 13.9. The van der Waals surface area contributed by atoms with Gasteiger partial charge in [0, 0.05) is 36.4 Å². The van der Waals surface area contributed by atoms with Gasteiger partial charge < -0.3 is 10.2 Å². The van der Waals surface area contributed by atoms with Crippen LogP contribution in [0.25, 0.3) is 10.8 Å². The molecule has 3 aromatic carbocycles. The maximum Gasteiger partial charge on any atom is 0.0446 e. The van der Waals surface area contributed by atoms with Crippen molar-refractivity contribution in [2.24, 2.45) is 0 Å². The quantitative estimate of drug-likeness (QED) is 0.578. The van der Waals surface area contributed by atoms with Crippen LogP contribution in [0.15, 0.2) is 54.6 Å². The summed E-state index contributed by atoms with van der Waals surface area (Å²) in [5.41, 5.74) is 7.23. The average molecular weight is 371 g/mol. The van der Waals surface area contributed by atoms with E-state index in [1.807, 2.05) is 0 Å². The van der Waals surface area contributed by atoms with E-state index in [9.17, 15) is 0 Å². The van der Waals surface area contributed by atoms with E-state index in [0.29, 0.717) is 0 Å². The van der Waals surface area contributed by atoms with Crippen LogP contribution in [0.3, 0.4) is 0 Å². The summed E-state index contributed by atoms with van der Waals surface area (Å²) in [6.07, 6.45) is 9.11. The molecule has 28 heavy (non-hydrogen) atoms. The summed E-state index contributed by atoms with van der Waals surface area (Å²) in [6.45, 7) is 3.27. The minimum absolute atomic E-state index is 0.886. The molecule has 1 N–H and O–H groups in total. The fourth-order valence-electron chi connectivity index (χ4n) is 5.05. The average Bonchev–Trinajstić information content (AvgIpc) is 2.78. The number of piperidine rings is 1. The van der Waals surface area contributed by atoms with Gasteiger partial charge in [-0.15, -0.1) is 0 Å². The van der Waals surface area contributed by atoms with Crippen molar-refractivity contribution in [1.29, 1.82) is 0 Å². The normalized spacial score (nSPS) is 16.8. The lowest BCUT2D eigenvalue weighted by Gasteiger charge is -2.30. The van der Waals surface area contributed by atoms with Crippen molar-refractivity contribution in [2.45, 2.75) is 51.5 Å². The first-order valence-electron chi connectivity index (χ1n) is 11.0. The van der Waals surface area contributed by atoms with Gasteiger partial charge in [-0.25, -0.2) is 0 Å². The number of nitrogens with one attached hydrogen (secondary N) is 1. The second-order valence-electron chi connectivity index (χ2n) is 8.34. The van der Waals surface area contributed by atoms with Crippen LogP contribution in [0.2, 0.25) is 0 Å². The number of fused-ring (bicyclic) bond motifs is 2. The van der Waals surface area contributed by atoms with Gasteiger partial charge in [-0.3, -0.25) is 0 Å². The van der Waals surface area contributed by atoms with Gasteiger partial charge in [0.2, 0.25) is 0 Å². The van der Waals surface area contributed by atoms with Crippen molar-refractivity contribution >= 4 is 22.1 Å². The number of aryl methyl sites for hydroxylation is 1. The smallest absolute Gasteiger partial charge is 0.0446 e. The molecule has 2 aliphatic rings. The zero-order valence-corrected chi connectivity index (χ0v) is 16.7. The van der Waals surface area contributed by atoms with Crippen molar-refractivity contribution in [3.8, 4) is 0 Å². The molecule has 1 fully saturated rings. The third kappa shape index (κ3) is 3.37. The van der Waals surface area contributed by atoms with Gasteiger partial charge in [-0.05, 0) is 79.2 Å². The summed E-state index contributed by atoms with van der Waals surface area (Å²) in [5, 5.41) is 6.56. The number of nitrogens with zero attached hydrogens (tertiary/aromatic N) is 1. The molecule has 1 heterocycles. The Morgan fingerprint density at radius 1 is 0.714 bits per heavy atom. The van der Waals surface area contributed by atoms with Crippen LogP contribution in [0.4, 0.5) is 11.4 Å². The minimum atomic E-state index is 0.886. The lowest BCUT2D eigenvalue weighted by atomic mass is 9.90. The molecule has 0 atom stereocenters. The van der Waals surface area contributed by atoms with Gasteiger partial charge in [0.1, 0.15) is 0 Å². The van der Waals surface area contributed by atoms with E-state index >= 15 is 0 Å². The maximum atomic E-state index is 3.77. The van der Waals surface area contributed by atoms with E-state index in [4.69, 9.17) is 0 Å². The molecule has 1 saturated heterocycles. The summed E-state index contributed by atoms with van der Waals surface area (Å²) in [7, 11) is 0. The highest BCUT2D eigenvalue weighted by molar-refractivity contribution is 5.96. The van der Waals surface area contributed by atoms with Crippen LogP contribution in [-0.2, 0) is 19.4 Å². The lowest BCUT2D eigenvalue weighted by Crippen LogP contribution is -2.29. The van der Waals surface area contributed by atoms with Crippen LogP contribution < -0.4 is 10.2 Å². The highest BCUT2D eigenvalue weighted by Gasteiger charge is 2.16. The van der Waals surface area contributed by atoms with Crippen molar-refractivity contribution in [3.05, 3.63) is 71.3 Å². The molecule has 2 nitrogen and oxygen atoms in total. The largest absolute Gasteiger partial charge is 0.381 e. The molecule has 5 rings (SSSR count). The van der Waals surface area contributed by atoms with Crippen LogP contribution in [0.1, 0.15) is 48.8 Å². The number of benzene rings is 3. The Morgan fingerprint density at radius 2 is 1.54 bits per heavy atom. The molecule has 0 spiro atoms. The standard InChI is InChI=1S/C26H30N2/c1-6-17-28(18-7-1)26-16-15-21(22-11-4-5-13-24(22)26)19-27-25-14-8-10-20-9-2-3-12-23(20)25/h4-5,8,10-11,13-16,27H,1-3,6-7,9,12,17-19H2. The molecule has 0 radical (unpaired) electrons. The third-order valence-corrected chi connectivity index (χ3v) is 6.55. The summed E-state index contributed by atoms with van der Waals surface area (Å²) < 4.78 is 0. The van der Waals surface area contributed by atoms with Crippen LogP contribution in [0.5, 0.6) is 0 Å². The van der Waals surface area contributed by atoms with Gasteiger partial charge in [0.15, 0.2) is 0 Å². The zero-order chi connectivity index (χ0) is 18.8. The fraction of sp³-hybridized carbons (Fsp3) is 0.385. The Bertz CT molecular complexity index is 969. The number of hydrogen-bond donors (Lipinski definition) is 1. The second kappa shape index (κ2) is 7.87. The van der Waals surface area contributed by atoms with E-state index in [1.54, 1.807) is 11.1 Å². The Labute approximate surface area is 168 Å². The van der Waals surface area contributed by atoms with Crippen molar-refractivity contribution in [1.82, 2.24) is 0 Å². The summed E-state index contributed by atoms with van der Waals surface area (Å²) in [4.78, 5) is 2.58. The Balaban J connectivity index is 1.44. The molecule has 0 unspecified atom stereocenters. The molecule has 1 aliphatic carbocycles. The summed E-state index contributed by atoms with van der Waals surface area (Å²) >= 11 is 0. The Hall–Kier alpha value is -2.48. The summed E-state index contributed by atoms with van der Waals surface area (Å²) in [6, 6.07) is 20.4. The van der Waals surface area contributed by atoms with E-state index < -0.39 is 0 Å². The molecule has 0 aromatic heterocycles. The predicted molar refractivity (Wildman–Crippen MR) is 120 cm³/mol. The zero-order valence-electron chi connectivity index (χ0n) is 16.7. The topological polar surface area (TPSA) is 15.3 Å². The van der Waals surface area contributed by atoms with Crippen LogP contribution in [-0.4, -0.2) is 13.1 Å². The molecule has 0 bridgehead atoms. The highest BCUT2D eigenvalue weighted by atomic mass is 15.1. The molecule has 0 saturated carbocycles. The van der Waals surface area contributed by atoms with Crippen LogP contribution >= 0.6 is 0 Å². The Kier molecular flexibility index (Phi) is 4.95. The molecule has 3 aromatic rings. The lowest BCUT2D eigenvalue weighted by molar-refractivity contribution is 0.579. The number of anilines is 2.